The molecule has 1 saturated heterocycles. The van der Waals surface area contributed by atoms with Gasteiger partial charge in [-0.1, -0.05) is 11.3 Å². The summed E-state index contributed by atoms with van der Waals surface area (Å²) in [5.74, 6) is -0.860. The minimum absolute atomic E-state index is 0.325. The molecule has 7 nitrogen and oxygen atoms in total. The Morgan fingerprint density at radius 3 is 2.92 bits per heavy atom. The van der Waals surface area contributed by atoms with Crippen molar-refractivity contribution in [3.05, 3.63) is 28.8 Å². The highest BCUT2D eigenvalue weighted by atomic mass is 32.2. The Labute approximate surface area is 154 Å². The van der Waals surface area contributed by atoms with Crippen LogP contribution in [0.1, 0.15) is 12.8 Å². The quantitative estimate of drug-likeness (QED) is 0.757. The topological polar surface area (TPSA) is 81.0 Å². The fraction of sp³-hybridized carbons (Fsp3) is 0.500. The summed E-state index contributed by atoms with van der Waals surface area (Å²) in [6.45, 7) is 1.18. The number of carbonyl (C=O) groups is 1. The lowest BCUT2D eigenvalue weighted by molar-refractivity contribution is -0.121. The summed E-state index contributed by atoms with van der Waals surface area (Å²) in [7, 11) is -1.90. The first-order chi connectivity index (χ1) is 12.3. The number of hydrogen-bond donors (Lipinski definition) is 0. The van der Waals surface area contributed by atoms with Crippen LogP contribution in [0.4, 0.5) is 4.39 Å². The van der Waals surface area contributed by atoms with E-state index in [1.807, 2.05) is 0 Å². The number of ether oxygens (including phenoxy) is 1. The van der Waals surface area contributed by atoms with Crippen molar-refractivity contribution in [3.8, 4) is 0 Å². The Hall–Kier alpha value is -1.62. The second-order valence-corrected chi connectivity index (χ2v) is 9.07. The van der Waals surface area contributed by atoms with Gasteiger partial charge in [0.15, 0.2) is 4.80 Å². The van der Waals surface area contributed by atoms with Gasteiger partial charge in [-0.25, -0.2) is 12.8 Å². The average Bonchev–Trinajstić information content (AvgIpc) is 3.17. The molecule has 0 bridgehead atoms. The van der Waals surface area contributed by atoms with Crippen molar-refractivity contribution in [2.45, 2.75) is 25.4 Å². The summed E-state index contributed by atoms with van der Waals surface area (Å²) in [5.41, 5.74) is 0.756. The summed E-state index contributed by atoms with van der Waals surface area (Å²) in [4.78, 5) is 17.2. The second kappa shape index (κ2) is 7.55. The number of rotatable bonds is 5. The smallest absolute Gasteiger partial charge is 0.266 e. The van der Waals surface area contributed by atoms with E-state index in [2.05, 4.69) is 4.99 Å². The van der Waals surface area contributed by atoms with E-state index >= 15 is 0 Å². The van der Waals surface area contributed by atoms with Gasteiger partial charge in [-0.15, -0.1) is 0 Å². The largest absolute Gasteiger partial charge is 0.383 e. The summed E-state index contributed by atoms with van der Waals surface area (Å²) < 4.78 is 46.0. The third kappa shape index (κ3) is 3.88. The minimum atomic E-state index is -3.46. The van der Waals surface area contributed by atoms with E-state index in [1.54, 1.807) is 17.7 Å². The standard InChI is InChI=1S/C16H20FN3O4S2/c1-24-9-8-19-12-6-5-11(17)10-14(12)25-16(19)18-15(21)13-4-3-7-20(13)26(2,22)23/h5-6,10,13H,3-4,7-9H2,1-2H3. The summed E-state index contributed by atoms with van der Waals surface area (Å²) in [6, 6.07) is 3.61. The van der Waals surface area contributed by atoms with Gasteiger partial charge in [0.25, 0.3) is 5.91 Å². The van der Waals surface area contributed by atoms with Gasteiger partial charge in [-0.3, -0.25) is 4.79 Å². The normalized spacial score (nSPS) is 19.5. The van der Waals surface area contributed by atoms with Crippen LogP contribution in [0.5, 0.6) is 0 Å². The zero-order valence-corrected chi connectivity index (χ0v) is 16.1. The van der Waals surface area contributed by atoms with Crippen LogP contribution in [0, 0.1) is 5.82 Å². The molecule has 0 aliphatic carbocycles. The number of sulfonamides is 1. The molecule has 1 atom stereocenters. The van der Waals surface area contributed by atoms with Gasteiger partial charge in [0.05, 0.1) is 23.1 Å². The first-order valence-corrected chi connectivity index (χ1v) is 10.8. The molecule has 2 heterocycles. The lowest BCUT2D eigenvalue weighted by Gasteiger charge is -2.18. The van der Waals surface area contributed by atoms with E-state index in [1.165, 1.54) is 27.8 Å². The highest BCUT2D eigenvalue weighted by molar-refractivity contribution is 7.88. The number of aromatic nitrogens is 1. The van der Waals surface area contributed by atoms with E-state index in [0.717, 1.165) is 11.8 Å². The molecular formula is C16H20FN3O4S2. The van der Waals surface area contributed by atoms with Crippen molar-refractivity contribution in [1.82, 2.24) is 8.87 Å². The first kappa shape index (κ1) is 19.2. The molecule has 1 aliphatic rings. The van der Waals surface area contributed by atoms with Crippen molar-refractivity contribution < 1.29 is 22.3 Å². The molecule has 1 aliphatic heterocycles. The van der Waals surface area contributed by atoms with E-state index < -0.39 is 22.0 Å². The average molecular weight is 401 g/mol. The van der Waals surface area contributed by atoms with Crippen LogP contribution < -0.4 is 4.80 Å². The van der Waals surface area contributed by atoms with Gasteiger partial charge in [-0.2, -0.15) is 9.30 Å². The van der Waals surface area contributed by atoms with Crippen molar-refractivity contribution in [2.75, 3.05) is 26.5 Å². The molecule has 10 heteroatoms. The number of nitrogens with zero attached hydrogens (tertiary/aromatic N) is 3. The Morgan fingerprint density at radius 1 is 1.46 bits per heavy atom. The van der Waals surface area contributed by atoms with Crippen LogP contribution in [0.25, 0.3) is 10.2 Å². The van der Waals surface area contributed by atoms with E-state index in [0.29, 0.717) is 42.0 Å². The van der Waals surface area contributed by atoms with Crippen LogP contribution in [-0.2, 0) is 26.1 Å². The number of thiazole rings is 1. The van der Waals surface area contributed by atoms with Crippen LogP contribution in [0.15, 0.2) is 23.2 Å². The minimum Gasteiger partial charge on any atom is -0.383 e. The molecule has 142 valence electrons. The number of halogens is 1. The monoisotopic (exact) mass is 401 g/mol. The molecule has 1 unspecified atom stereocenters. The number of fused-ring (bicyclic) bond motifs is 1. The molecule has 2 aromatic rings. The maximum absolute atomic E-state index is 13.5. The molecule has 0 spiro atoms. The van der Waals surface area contributed by atoms with Crippen LogP contribution in [0.3, 0.4) is 0 Å². The number of benzene rings is 1. The Kier molecular flexibility index (Phi) is 5.56. The van der Waals surface area contributed by atoms with Crippen molar-refractivity contribution in [2.24, 2.45) is 4.99 Å². The van der Waals surface area contributed by atoms with Crippen molar-refractivity contribution >= 4 is 37.5 Å². The lowest BCUT2D eigenvalue weighted by Crippen LogP contribution is -2.40. The van der Waals surface area contributed by atoms with Gasteiger partial charge in [0.2, 0.25) is 10.0 Å². The Bertz CT molecular complexity index is 997. The molecule has 1 amide bonds. The van der Waals surface area contributed by atoms with Crippen LogP contribution in [0.2, 0.25) is 0 Å². The molecule has 1 aromatic carbocycles. The summed E-state index contributed by atoms with van der Waals surface area (Å²) >= 11 is 1.20. The number of methoxy groups -OCH3 is 1. The third-order valence-electron chi connectivity index (χ3n) is 4.28. The number of hydrogen-bond acceptors (Lipinski definition) is 5. The zero-order chi connectivity index (χ0) is 18.9. The van der Waals surface area contributed by atoms with E-state index in [9.17, 15) is 17.6 Å². The van der Waals surface area contributed by atoms with Gasteiger partial charge >= 0.3 is 0 Å². The molecule has 26 heavy (non-hydrogen) atoms. The molecule has 0 N–H and O–H groups in total. The fourth-order valence-corrected chi connectivity index (χ4v) is 5.29. The molecular weight excluding hydrogens is 381 g/mol. The van der Waals surface area contributed by atoms with Gasteiger partial charge in [0.1, 0.15) is 11.9 Å². The molecule has 0 radical (unpaired) electrons. The van der Waals surface area contributed by atoms with Gasteiger partial charge in [0, 0.05) is 20.2 Å². The molecule has 0 saturated carbocycles. The predicted molar refractivity (Wildman–Crippen MR) is 96.8 cm³/mol. The molecule has 1 fully saturated rings. The highest BCUT2D eigenvalue weighted by Crippen LogP contribution is 2.22. The molecule has 3 rings (SSSR count). The zero-order valence-electron chi connectivity index (χ0n) is 14.5. The maximum Gasteiger partial charge on any atom is 0.266 e. The van der Waals surface area contributed by atoms with Crippen molar-refractivity contribution in [1.29, 1.82) is 0 Å². The van der Waals surface area contributed by atoms with E-state index in [4.69, 9.17) is 4.74 Å². The Morgan fingerprint density at radius 2 is 2.23 bits per heavy atom. The predicted octanol–water partition coefficient (Wildman–Crippen LogP) is 1.34. The van der Waals surface area contributed by atoms with Crippen molar-refractivity contribution in [3.63, 3.8) is 0 Å². The fourth-order valence-electron chi connectivity index (χ4n) is 3.08. The Balaban J connectivity index is 2.04. The summed E-state index contributed by atoms with van der Waals surface area (Å²) in [5, 5.41) is 0. The lowest BCUT2D eigenvalue weighted by atomic mass is 10.2. The molecule has 1 aromatic heterocycles. The van der Waals surface area contributed by atoms with Crippen LogP contribution >= 0.6 is 11.3 Å². The second-order valence-electron chi connectivity index (χ2n) is 6.12. The van der Waals surface area contributed by atoms with Gasteiger partial charge < -0.3 is 9.30 Å². The number of carbonyl (C=O) groups excluding carboxylic acids is 1. The third-order valence-corrected chi connectivity index (χ3v) is 6.61. The summed E-state index contributed by atoms with van der Waals surface area (Å²) in [6.07, 6.45) is 2.17. The SMILES string of the molecule is COCCn1c(=NC(=O)C2CCCN2S(C)(=O)=O)sc2cc(F)ccc21. The van der Waals surface area contributed by atoms with Gasteiger partial charge in [-0.05, 0) is 31.0 Å². The highest BCUT2D eigenvalue weighted by Gasteiger charge is 2.36. The van der Waals surface area contributed by atoms with Crippen LogP contribution in [-0.4, -0.2) is 55.8 Å². The van der Waals surface area contributed by atoms with E-state index in [-0.39, 0.29) is 5.82 Å². The number of amides is 1. The maximum atomic E-state index is 13.5. The first-order valence-electron chi connectivity index (χ1n) is 8.14.